The second-order valence-electron chi connectivity index (χ2n) is 3.82. The molecule has 0 rings (SSSR count). The van der Waals surface area contributed by atoms with Crippen LogP contribution in [0, 0.1) is 0 Å². The number of carbonyl (C=O) groups is 2. The van der Waals surface area contributed by atoms with Crippen LogP contribution in [0.4, 0.5) is 0 Å². The molecule has 5 nitrogen and oxygen atoms in total. The van der Waals surface area contributed by atoms with Gasteiger partial charge in [0.1, 0.15) is 0 Å². The zero-order chi connectivity index (χ0) is 16.6. The molecule has 0 aromatic carbocycles. The molecule has 0 unspecified atom stereocenters. The third-order valence-corrected chi connectivity index (χ3v) is 1.76. The van der Waals surface area contributed by atoms with Gasteiger partial charge in [-0.3, -0.25) is 9.59 Å². The van der Waals surface area contributed by atoms with Gasteiger partial charge in [-0.1, -0.05) is 52.9 Å². The lowest BCUT2D eigenvalue weighted by molar-refractivity contribution is -0.141. The van der Waals surface area contributed by atoms with Crippen LogP contribution in [0.5, 0.6) is 0 Å². The number of carbonyl (C=O) groups excluding carboxylic acids is 1. The van der Waals surface area contributed by atoms with Crippen LogP contribution in [0.1, 0.15) is 73.1 Å². The number of hydrogen-bond donors (Lipinski definition) is 2. The summed E-state index contributed by atoms with van der Waals surface area (Å²) in [4.78, 5) is 18.5. The Morgan fingerprint density at radius 2 is 1.30 bits per heavy atom. The molecule has 0 aliphatic rings. The van der Waals surface area contributed by atoms with Gasteiger partial charge in [0.25, 0.3) is 6.47 Å². The minimum atomic E-state index is -0.250. The first-order valence-electron chi connectivity index (χ1n) is 7.34. The highest BCUT2D eigenvalue weighted by molar-refractivity contribution is 5.65. The van der Waals surface area contributed by atoms with Crippen molar-refractivity contribution in [3.05, 3.63) is 0 Å². The van der Waals surface area contributed by atoms with E-state index in [0.717, 1.165) is 12.8 Å². The van der Waals surface area contributed by atoms with Gasteiger partial charge in [-0.25, -0.2) is 0 Å². The van der Waals surface area contributed by atoms with Gasteiger partial charge in [0, 0.05) is 13.5 Å². The van der Waals surface area contributed by atoms with Crippen LogP contribution in [-0.2, 0) is 14.3 Å². The van der Waals surface area contributed by atoms with Crippen molar-refractivity contribution >= 4 is 12.4 Å². The molecule has 0 atom stereocenters. The molecule has 20 heavy (non-hydrogen) atoms. The fourth-order valence-electron chi connectivity index (χ4n) is 0.860. The fraction of sp³-hybridized carbons (Fsp3) is 0.867. The topological polar surface area (TPSA) is 83.8 Å². The highest BCUT2D eigenvalue weighted by Crippen LogP contribution is 1.95. The third-order valence-electron chi connectivity index (χ3n) is 1.76. The Balaban J connectivity index is -0.0000000941. The lowest BCUT2D eigenvalue weighted by atomic mass is 10.2. The molecule has 124 valence electrons. The summed E-state index contributed by atoms with van der Waals surface area (Å²) in [5.74, 6) is -0.182. The number of carboxylic acid groups (broad SMARTS) is 1. The van der Waals surface area contributed by atoms with Gasteiger partial charge in [-0.05, 0) is 13.3 Å². The molecule has 0 bridgehead atoms. The number of aliphatic hydroxyl groups excluding tert-OH is 1. The maximum Gasteiger partial charge on any atom is 0.302 e. The van der Waals surface area contributed by atoms with E-state index in [1.165, 1.54) is 32.6 Å². The van der Waals surface area contributed by atoms with E-state index in [-0.39, 0.29) is 19.0 Å². The molecule has 0 aromatic rings. The largest absolute Gasteiger partial charge is 0.483 e. The zero-order valence-electron chi connectivity index (χ0n) is 13.9. The minimum Gasteiger partial charge on any atom is -0.483 e. The zero-order valence-corrected chi connectivity index (χ0v) is 13.9. The Morgan fingerprint density at radius 3 is 1.50 bits per heavy atom. The molecule has 0 amide bonds. The van der Waals surface area contributed by atoms with E-state index in [4.69, 9.17) is 15.0 Å². The Labute approximate surface area is 124 Å². The quantitative estimate of drug-likeness (QED) is 0.444. The van der Waals surface area contributed by atoms with Crippen molar-refractivity contribution in [2.75, 3.05) is 13.2 Å². The number of aliphatic hydroxyl groups is 1. The lowest BCUT2D eigenvalue weighted by Crippen LogP contribution is -1.99. The van der Waals surface area contributed by atoms with Crippen LogP contribution in [0.3, 0.4) is 0 Å². The first-order chi connectivity index (χ1) is 9.51. The van der Waals surface area contributed by atoms with Crippen LogP contribution >= 0.6 is 0 Å². The molecule has 0 heterocycles. The van der Waals surface area contributed by atoms with E-state index < -0.39 is 0 Å². The summed E-state index contributed by atoms with van der Waals surface area (Å²) in [6, 6.07) is 0. The van der Waals surface area contributed by atoms with Crippen LogP contribution in [0.25, 0.3) is 0 Å². The second-order valence-corrected chi connectivity index (χ2v) is 3.82. The maximum atomic E-state index is 10.1. The third kappa shape index (κ3) is 89.7. The molecular formula is C15H34O5. The van der Waals surface area contributed by atoms with E-state index in [9.17, 15) is 4.79 Å². The Morgan fingerprint density at radius 1 is 1.00 bits per heavy atom. The minimum absolute atomic E-state index is 0.182. The molecular weight excluding hydrogens is 260 g/mol. The van der Waals surface area contributed by atoms with Gasteiger partial charge in [0.2, 0.25) is 0 Å². The Bertz CT molecular complexity index is 156. The van der Waals surface area contributed by atoms with E-state index in [1.807, 2.05) is 0 Å². The number of unbranched alkanes of at least 4 members (excludes halogenated alkanes) is 4. The first kappa shape index (κ1) is 27.3. The molecule has 0 aromatic heterocycles. The van der Waals surface area contributed by atoms with Crippen molar-refractivity contribution in [3.63, 3.8) is 0 Å². The Kier molecular flexibility index (Phi) is 49.2. The van der Waals surface area contributed by atoms with Gasteiger partial charge in [-0.15, -0.1) is 0 Å². The average Bonchev–Trinajstić information content (AvgIpc) is 2.39. The monoisotopic (exact) mass is 294 g/mol. The van der Waals surface area contributed by atoms with Gasteiger partial charge >= 0.3 is 5.97 Å². The lowest BCUT2D eigenvalue weighted by Gasteiger charge is -1.96. The molecule has 2 N–H and O–H groups in total. The second kappa shape index (κ2) is 36.1. The van der Waals surface area contributed by atoms with Crippen LogP contribution in [-0.4, -0.2) is 35.9 Å². The number of rotatable bonds is 6. The van der Waals surface area contributed by atoms with Gasteiger partial charge < -0.3 is 14.9 Å². The predicted octanol–water partition coefficient (Wildman–Crippen LogP) is 3.64. The number of hydrogen-bond acceptors (Lipinski definition) is 4. The van der Waals surface area contributed by atoms with Crippen molar-refractivity contribution in [2.24, 2.45) is 0 Å². The van der Waals surface area contributed by atoms with Crippen LogP contribution in [0.2, 0.25) is 0 Å². The molecule has 0 spiro atoms. The summed E-state index contributed by atoms with van der Waals surface area (Å²) in [5.41, 5.74) is 0. The first-order valence-corrected chi connectivity index (χ1v) is 7.34. The molecule has 5 heteroatoms. The standard InChI is InChI=1S/C6H12O2.C6H14.C2H6O.CH2O2/c1-3-4-5-8-6(2)7;1-3-5-6-4-2;1-2-3;2-1-3/h3-5H2,1-2H3;3-6H2,1-2H3;3H,2H2,1H3;1H,(H,2,3). The average molecular weight is 294 g/mol. The molecule has 0 aliphatic carbocycles. The number of ether oxygens (including phenoxy) is 1. The molecule has 0 radical (unpaired) electrons. The summed E-state index contributed by atoms with van der Waals surface area (Å²) in [6.45, 7) is 10.2. The van der Waals surface area contributed by atoms with Crippen molar-refractivity contribution < 1.29 is 24.5 Å². The fourth-order valence-corrected chi connectivity index (χ4v) is 0.860. The SMILES string of the molecule is CCCCCC.CCCCOC(C)=O.CCO.O=CO. The molecule has 0 saturated heterocycles. The van der Waals surface area contributed by atoms with E-state index in [1.54, 1.807) is 6.92 Å². The van der Waals surface area contributed by atoms with E-state index >= 15 is 0 Å². The summed E-state index contributed by atoms with van der Waals surface area (Å²) >= 11 is 0. The summed E-state index contributed by atoms with van der Waals surface area (Å²) in [7, 11) is 0. The van der Waals surface area contributed by atoms with E-state index in [2.05, 4.69) is 25.5 Å². The van der Waals surface area contributed by atoms with Crippen molar-refractivity contribution in [3.8, 4) is 0 Å². The molecule has 0 fully saturated rings. The maximum absolute atomic E-state index is 10.1. The van der Waals surface area contributed by atoms with Gasteiger partial charge in [0.15, 0.2) is 0 Å². The Hall–Kier alpha value is -1.10. The summed E-state index contributed by atoms with van der Waals surface area (Å²) < 4.78 is 4.64. The van der Waals surface area contributed by atoms with Crippen molar-refractivity contribution in [1.82, 2.24) is 0 Å². The van der Waals surface area contributed by atoms with Gasteiger partial charge in [0.05, 0.1) is 6.61 Å². The van der Waals surface area contributed by atoms with E-state index in [0.29, 0.717) is 6.61 Å². The summed E-state index contributed by atoms with van der Waals surface area (Å²) in [6.07, 6.45) is 7.58. The highest BCUT2D eigenvalue weighted by Gasteiger charge is 1.88. The molecule has 0 aliphatic heterocycles. The van der Waals surface area contributed by atoms with Crippen LogP contribution < -0.4 is 0 Å². The van der Waals surface area contributed by atoms with Crippen molar-refractivity contribution in [2.45, 2.75) is 73.1 Å². The predicted molar refractivity (Wildman–Crippen MR) is 82.8 cm³/mol. The number of esters is 1. The smallest absolute Gasteiger partial charge is 0.302 e. The van der Waals surface area contributed by atoms with Gasteiger partial charge in [-0.2, -0.15) is 0 Å². The van der Waals surface area contributed by atoms with Crippen LogP contribution in [0.15, 0.2) is 0 Å². The normalized spacial score (nSPS) is 7.70. The molecule has 0 saturated carbocycles. The summed E-state index contributed by atoms with van der Waals surface area (Å²) in [5, 5.41) is 14.5. The highest BCUT2D eigenvalue weighted by atomic mass is 16.5. The van der Waals surface area contributed by atoms with Crippen molar-refractivity contribution in [1.29, 1.82) is 0 Å².